The Morgan fingerprint density at radius 1 is 1.35 bits per heavy atom. The van der Waals surface area contributed by atoms with E-state index < -0.39 is 0 Å². The summed E-state index contributed by atoms with van der Waals surface area (Å²) >= 11 is 0. The highest BCUT2D eigenvalue weighted by atomic mass is 16.5. The van der Waals surface area contributed by atoms with Crippen molar-refractivity contribution < 1.29 is 4.52 Å². The number of hydrogen-bond donors (Lipinski definition) is 1. The Morgan fingerprint density at radius 3 is 2.82 bits per heavy atom. The molecule has 0 spiro atoms. The number of aromatic nitrogens is 3. The van der Waals surface area contributed by atoms with Crippen molar-refractivity contribution in [3.63, 3.8) is 0 Å². The molecule has 2 aromatic rings. The SMILES string of the molecule is NCC1(c2nc(-c3ccccn3)no2)CCC1. The molecule has 2 heterocycles. The average Bonchev–Trinajstić information content (AvgIpc) is 2.80. The Labute approximate surface area is 99.1 Å². The Balaban J connectivity index is 1.93. The molecule has 88 valence electrons. The van der Waals surface area contributed by atoms with Gasteiger partial charge in [-0.05, 0) is 25.0 Å². The van der Waals surface area contributed by atoms with Crippen molar-refractivity contribution in [2.24, 2.45) is 5.73 Å². The van der Waals surface area contributed by atoms with Gasteiger partial charge in [-0.1, -0.05) is 17.6 Å². The fraction of sp³-hybridized carbons (Fsp3) is 0.417. The van der Waals surface area contributed by atoms with E-state index in [1.807, 2.05) is 18.2 Å². The summed E-state index contributed by atoms with van der Waals surface area (Å²) in [6, 6.07) is 5.63. The van der Waals surface area contributed by atoms with Gasteiger partial charge in [0.1, 0.15) is 5.69 Å². The summed E-state index contributed by atoms with van der Waals surface area (Å²) in [5.74, 6) is 1.20. The van der Waals surface area contributed by atoms with Crippen molar-refractivity contribution in [2.45, 2.75) is 24.7 Å². The highest BCUT2D eigenvalue weighted by Crippen LogP contribution is 2.42. The van der Waals surface area contributed by atoms with Crippen LogP contribution in [0.4, 0.5) is 0 Å². The van der Waals surface area contributed by atoms with E-state index >= 15 is 0 Å². The van der Waals surface area contributed by atoms with Gasteiger partial charge in [-0.2, -0.15) is 4.98 Å². The van der Waals surface area contributed by atoms with E-state index in [9.17, 15) is 0 Å². The van der Waals surface area contributed by atoms with Crippen molar-refractivity contribution in [2.75, 3.05) is 6.54 Å². The lowest BCUT2D eigenvalue weighted by Gasteiger charge is -2.36. The summed E-state index contributed by atoms with van der Waals surface area (Å²) in [5, 5.41) is 3.98. The molecule has 1 fully saturated rings. The fourth-order valence-corrected chi connectivity index (χ4v) is 2.15. The van der Waals surface area contributed by atoms with Crippen LogP contribution in [0.15, 0.2) is 28.9 Å². The number of hydrogen-bond acceptors (Lipinski definition) is 5. The van der Waals surface area contributed by atoms with Crippen LogP contribution >= 0.6 is 0 Å². The first kappa shape index (κ1) is 10.4. The van der Waals surface area contributed by atoms with Gasteiger partial charge < -0.3 is 10.3 Å². The van der Waals surface area contributed by atoms with Crippen LogP contribution in [0.3, 0.4) is 0 Å². The minimum atomic E-state index is -0.0833. The lowest BCUT2D eigenvalue weighted by molar-refractivity contribution is 0.182. The van der Waals surface area contributed by atoms with Crippen LogP contribution in [0.1, 0.15) is 25.2 Å². The lowest BCUT2D eigenvalue weighted by atomic mass is 9.69. The molecule has 0 atom stereocenters. The predicted octanol–water partition coefficient (Wildman–Crippen LogP) is 1.51. The zero-order chi connectivity index (χ0) is 11.7. The standard InChI is InChI=1S/C12H14N4O/c13-8-12(5-3-6-12)11-15-10(16-17-11)9-4-1-2-7-14-9/h1-2,4,7H,3,5-6,8,13H2. The van der Waals surface area contributed by atoms with Gasteiger partial charge in [0, 0.05) is 12.7 Å². The molecular formula is C12H14N4O. The van der Waals surface area contributed by atoms with Crippen LogP contribution in [-0.2, 0) is 5.41 Å². The number of rotatable bonds is 3. The molecule has 0 bridgehead atoms. The third-order valence-corrected chi connectivity index (χ3v) is 3.48. The quantitative estimate of drug-likeness (QED) is 0.864. The molecule has 0 radical (unpaired) electrons. The maximum atomic E-state index is 5.81. The van der Waals surface area contributed by atoms with Gasteiger partial charge in [0.25, 0.3) is 0 Å². The predicted molar refractivity (Wildman–Crippen MR) is 62.1 cm³/mol. The van der Waals surface area contributed by atoms with E-state index in [4.69, 9.17) is 10.3 Å². The molecule has 2 aromatic heterocycles. The van der Waals surface area contributed by atoms with Gasteiger partial charge in [-0.25, -0.2) is 0 Å². The average molecular weight is 230 g/mol. The van der Waals surface area contributed by atoms with Crippen molar-refractivity contribution >= 4 is 0 Å². The highest BCUT2D eigenvalue weighted by Gasteiger charge is 2.42. The zero-order valence-electron chi connectivity index (χ0n) is 9.47. The molecule has 0 aliphatic heterocycles. The molecule has 5 heteroatoms. The third kappa shape index (κ3) is 1.63. The van der Waals surface area contributed by atoms with E-state index in [0.29, 0.717) is 18.3 Å². The second-order valence-corrected chi connectivity index (χ2v) is 4.48. The molecule has 0 unspecified atom stereocenters. The minimum Gasteiger partial charge on any atom is -0.338 e. The van der Waals surface area contributed by atoms with Crippen molar-refractivity contribution in [3.05, 3.63) is 30.3 Å². The number of nitrogens with two attached hydrogens (primary N) is 1. The summed E-state index contributed by atoms with van der Waals surface area (Å²) in [6.07, 6.45) is 4.96. The Morgan fingerprint density at radius 2 is 2.24 bits per heavy atom. The Hall–Kier alpha value is -1.75. The van der Waals surface area contributed by atoms with E-state index in [2.05, 4.69) is 15.1 Å². The molecule has 0 saturated heterocycles. The molecule has 0 amide bonds. The van der Waals surface area contributed by atoms with Gasteiger partial charge in [0.05, 0.1) is 5.41 Å². The molecule has 0 aromatic carbocycles. The number of nitrogens with zero attached hydrogens (tertiary/aromatic N) is 3. The molecule has 1 aliphatic carbocycles. The molecule has 17 heavy (non-hydrogen) atoms. The summed E-state index contributed by atoms with van der Waals surface area (Å²) in [5.41, 5.74) is 6.45. The molecule has 3 rings (SSSR count). The maximum Gasteiger partial charge on any atom is 0.234 e. The van der Waals surface area contributed by atoms with E-state index in [1.54, 1.807) is 6.20 Å². The van der Waals surface area contributed by atoms with Crippen LogP contribution in [0.5, 0.6) is 0 Å². The van der Waals surface area contributed by atoms with Gasteiger partial charge in [-0.15, -0.1) is 0 Å². The van der Waals surface area contributed by atoms with Crippen LogP contribution in [0.2, 0.25) is 0 Å². The monoisotopic (exact) mass is 230 g/mol. The van der Waals surface area contributed by atoms with Crippen LogP contribution in [-0.4, -0.2) is 21.7 Å². The normalized spacial score (nSPS) is 17.7. The van der Waals surface area contributed by atoms with Crippen molar-refractivity contribution in [1.29, 1.82) is 0 Å². The summed E-state index contributed by atoms with van der Waals surface area (Å²) in [4.78, 5) is 8.62. The van der Waals surface area contributed by atoms with Gasteiger partial charge in [0.15, 0.2) is 0 Å². The van der Waals surface area contributed by atoms with Crippen molar-refractivity contribution in [1.82, 2.24) is 15.1 Å². The van der Waals surface area contributed by atoms with Crippen LogP contribution < -0.4 is 5.73 Å². The number of pyridine rings is 1. The van der Waals surface area contributed by atoms with Gasteiger partial charge in [0.2, 0.25) is 11.7 Å². The highest BCUT2D eigenvalue weighted by molar-refractivity contribution is 5.47. The third-order valence-electron chi connectivity index (χ3n) is 3.48. The van der Waals surface area contributed by atoms with E-state index in [1.165, 1.54) is 6.42 Å². The summed E-state index contributed by atoms with van der Waals surface area (Å²) in [6.45, 7) is 0.566. The Kier molecular flexibility index (Phi) is 2.40. The first-order chi connectivity index (χ1) is 8.34. The largest absolute Gasteiger partial charge is 0.338 e. The second-order valence-electron chi connectivity index (χ2n) is 4.48. The fourth-order valence-electron chi connectivity index (χ4n) is 2.15. The first-order valence-corrected chi connectivity index (χ1v) is 5.80. The summed E-state index contributed by atoms with van der Waals surface area (Å²) in [7, 11) is 0. The van der Waals surface area contributed by atoms with E-state index in [0.717, 1.165) is 18.5 Å². The lowest BCUT2D eigenvalue weighted by Crippen LogP contribution is -2.41. The molecular weight excluding hydrogens is 216 g/mol. The molecule has 2 N–H and O–H groups in total. The second kappa shape index (κ2) is 3.92. The molecule has 1 saturated carbocycles. The molecule has 5 nitrogen and oxygen atoms in total. The Bertz CT molecular complexity index is 499. The van der Waals surface area contributed by atoms with Gasteiger partial charge >= 0.3 is 0 Å². The van der Waals surface area contributed by atoms with Crippen molar-refractivity contribution in [3.8, 4) is 11.5 Å². The van der Waals surface area contributed by atoms with Gasteiger partial charge in [-0.3, -0.25) is 4.98 Å². The first-order valence-electron chi connectivity index (χ1n) is 5.80. The summed E-state index contributed by atoms with van der Waals surface area (Å²) < 4.78 is 5.34. The topological polar surface area (TPSA) is 77.8 Å². The van der Waals surface area contributed by atoms with Crippen LogP contribution in [0.25, 0.3) is 11.5 Å². The van der Waals surface area contributed by atoms with Crippen LogP contribution in [0, 0.1) is 0 Å². The van der Waals surface area contributed by atoms with E-state index in [-0.39, 0.29) is 5.41 Å². The smallest absolute Gasteiger partial charge is 0.234 e. The minimum absolute atomic E-state index is 0.0833. The molecule has 1 aliphatic rings. The zero-order valence-corrected chi connectivity index (χ0v) is 9.47. The maximum absolute atomic E-state index is 5.81.